The number of carbonyl (C=O) groups is 1. The molecular formula is C16H25N3O2. The highest BCUT2D eigenvalue weighted by atomic mass is 16.4. The van der Waals surface area contributed by atoms with Crippen LogP contribution in [-0.4, -0.2) is 27.1 Å². The predicted octanol–water partition coefficient (Wildman–Crippen LogP) is 2.98. The molecule has 5 nitrogen and oxygen atoms in total. The van der Waals surface area contributed by atoms with Crippen LogP contribution in [0, 0.1) is 17.3 Å². The topological polar surface area (TPSA) is 75.1 Å². The third-order valence-electron chi connectivity index (χ3n) is 5.16. The van der Waals surface area contributed by atoms with E-state index in [4.69, 9.17) is 0 Å². The molecule has 3 unspecified atom stereocenters. The second-order valence-corrected chi connectivity index (χ2v) is 6.58. The Kier molecular flexibility index (Phi) is 4.49. The maximum Gasteiger partial charge on any atom is 0.307 e. The first-order valence-electron chi connectivity index (χ1n) is 7.66. The number of nitrogens with one attached hydrogen (secondary N) is 1. The summed E-state index contributed by atoms with van der Waals surface area (Å²) in [6.07, 6.45) is 4.02. The zero-order valence-corrected chi connectivity index (χ0v) is 13.3. The molecule has 1 heterocycles. The second kappa shape index (κ2) is 6.00. The number of anilines is 1. The maximum atomic E-state index is 11.4. The van der Waals surface area contributed by atoms with Crippen LogP contribution in [0.25, 0.3) is 0 Å². The number of aryl methyl sites for hydroxylation is 1. The number of aromatic nitrogens is 2. The summed E-state index contributed by atoms with van der Waals surface area (Å²) in [5, 5.41) is 12.9. The van der Waals surface area contributed by atoms with Gasteiger partial charge in [0.25, 0.3) is 0 Å². The molecule has 1 aromatic rings. The monoisotopic (exact) mass is 291 g/mol. The number of nitrogens with zero attached hydrogens (tertiary/aromatic N) is 2. The number of carboxylic acid groups (broad SMARTS) is 1. The van der Waals surface area contributed by atoms with Crippen LogP contribution in [0.1, 0.15) is 46.2 Å². The average molecular weight is 291 g/mol. The first kappa shape index (κ1) is 15.7. The fraction of sp³-hybridized carbons (Fsp3) is 0.688. The van der Waals surface area contributed by atoms with E-state index in [1.165, 1.54) is 0 Å². The predicted molar refractivity (Wildman–Crippen MR) is 82.1 cm³/mol. The van der Waals surface area contributed by atoms with Gasteiger partial charge in [-0.3, -0.25) is 4.79 Å². The largest absolute Gasteiger partial charge is 0.481 e. The van der Waals surface area contributed by atoms with E-state index in [-0.39, 0.29) is 23.3 Å². The van der Waals surface area contributed by atoms with Crippen molar-refractivity contribution < 1.29 is 9.90 Å². The smallest absolute Gasteiger partial charge is 0.307 e. The summed E-state index contributed by atoms with van der Waals surface area (Å²) in [6.45, 7) is 8.31. The van der Waals surface area contributed by atoms with Crippen LogP contribution in [0.4, 0.5) is 5.82 Å². The van der Waals surface area contributed by atoms with Crippen molar-refractivity contribution in [1.82, 2.24) is 9.97 Å². The molecule has 0 aromatic carbocycles. The van der Waals surface area contributed by atoms with E-state index in [2.05, 4.69) is 43.0 Å². The number of aliphatic carboxylic acids is 1. The van der Waals surface area contributed by atoms with Crippen molar-refractivity contribution in [1.29, 1.82) is 0 Å². The minimum Gasteiger partial charge on any atom is -0.481 e. The van der Waals surface area contributed by atoms with Crippen molar-refractivity contribution in [3.63, 3.8) is 0 Å². The lowest BCUT2D eigenvalue weighted by molar-refractivity contribution is -0.149. The number of carboxylic acids is 1. The summed E-state index contributed by atoms with van der Waals surface area (Å²) in [4.78, 5) is 19.9. The summed E-state index contributed by atoms with van der Waals surface area (Å²) in [5.74, 6) is 0.137. The van der Waals surface area contributed by atoms with Crippen LogP contribution in [0.3, 0.4) is 0 Å². The molecule has 0 radical (unpaired) electrons. The molecule has 0 amide bonds. The zero-order valence-electron chi connectivity index (χ0n) is 13.3. The van der Waals surface area contributed by atoms with Crippen LogP contribution in [0.15, 0.2) is 12.4 Å². The van der Waals surface area contributed by atoms with Crippen molar-refractivity contribution in [3.05, 3.63) is 18.1 Å². The van der Waals surface area contributed by atoms with Crippen LogP contribution in [-0.2, 0) is 11.2 Å². The Balaban J connectivity index is 2.13. The van der Waals surface area contributed by atoms with Gasteiger partial charge in [-0.25, -0.2) is 9.97 Å². The minimum absolute atomic E-state index is 0.234. The fourth-order valence-electron chi connectivity index (χ4n) is 3.30. The van der Waals surface area contributed by atoms with Gasteiger partial charge in [0.1, 0.15) is 12.1 Å². The lowest BCUT2D eigenvalue weighted by atomic mass is 9.61. The average Bonchev–Trinajstić information content (AvgIpc) is 2.44. The van der Waals surface area contributed by atoms with E-state index in [0.29, 0.717) is 6.42 Å². The molecule has 116 valence electrons. The highest BCUT2D eigenvalue weighted by Gasteiger charge is 2.46. The summed E-state index contributed by atoms with van der Waals surface area (Å²) in [6, 6.07) is 2.22. The summed E-state index contributed by atoms with van der Waals surface area (Å²) in [7, 11) is 0. The minimum atomic E-state index is -0.680. The number of hydrogen-bond donors (Lipinski definition) is 2. The van der Waals surface area contributed by atoms with Crippen molar-refractivity contribution in [2.24, 2.45) is 17.3 Å². The Hall–Kier alpha value is -1.65. The molecule has 0 saturated heterocycles. The van der Waals surface area contributed by atoms with Gasteiger partial charge < -0.3 is 10.4 Å². The van der Waals surface area contributed by atoms with E-state index >= 15 is 0 Å². The van der Waals surface area contributed by atoms with Gasteiger partial charge in [0.15, 0.2) is 0 Å². The molecule has 21 heavy (non-hydrogen) atoms. The van der Waals surface area contributed by atoms with Crippen LogP contribution >= 0.6 is 0 Å². The zero-order chi connectivity index (χ0) is 15.6. The molecule has 0 bridgehead atoms. The summed E-state index contributed by atoms with van der Waals surface area (Å²) < 4.78 is 0. The molecule has 2 rings (SSSR count). The Morgan fingerprint density at radius 1 is 1.43 bits per heavy atom. The Morgan fingerprint density at radius 2 is 2.14 bits per heavy atom. The highest BCUT2D eigenvalue weighted by molar-refractivity contribution is 5.71. The molecule has 3 atom stereocenters. The maximum absolute atomic E-state index is 11.4. The van der Waals surface area contributed by atoms with Gasteiger partial charge in [-0.05, 0) is 30.6 Å². The normalized spacial score (nSPS) is 28.1. The quantitative estimate of drug-likeness (QED) is 0.892. The van der Waals surface area contributed by atoms with Crippen molar-refractivity contribution in [3.8, 4) is 0 Å². The Bertz CT molecular complexity index is 516. The van der Waals surface area contributed by atoms with Gasteiger partial charge >= 0.3 is 5.97 Å². The van der Waals surface area contributed by atoms with Gasteiger partial charge in [-0.15, -0.1) is 0 Å². The van der Waals surface area contributed by atoms with Crippen molar-refractivity contribution >= 4 is 11.8 Å². The molecular weight excluding hydrogens is 266 g/mol. The van der Waals surface area contributed by atoms with Gasteiger partial charge in [0.05, 0.1) is 5.92 Å². The van der Waals surface area contributed by atoms with Gasteiger partial charge in [0.2, 0.25) is 0 Å². The van der Waals surface area contributed by atoms with E-state index < -0.39 is 5.97 Å². The lowest BCUT2D eigenvalue weighted by Gasteiger charge is -2.46. The number of hydrogen-bond acceptors (Lipinski definition) is 4. The molecule has 2 N–H and O–H groups in total. The first-order valence-corrected chi connectivity index (χ1v) is 7.66. The van der Waals surface area contributed by atoms with Gasteiger partial charge in [-0.1, -0.05) is 27.7 Å². The molecule has 1 aliphatic carbocycles. The molecule has 1 saturated carbocycles. The van der Waals surface area contributed by atoms with Crippen LogP contribution in [0.5, 0.6) is 0 Å². The van der Waals surface area contributed by atoms with Crippen molar-refractivity contribution in [2.45, 2.75) is 53.0 Å². The van der Waals surface area contributed by atoms with Crippen molar-refractivity contribution in [2.75, 3.05) is 5.32 Å². The highest BCUT2D eigenvalue weighted by Crippen LogP contribution is 2.45. The lowest BCUT2D eigenvalue weighted by Crippen LogP contribution is -2.48. The van der Waals surface area contributed by atoms with Gasteiger partial charge in [-0.2, -0.15) is 0 Å². The molecule has 1 aromatic heterocycles. The van der Waals surface area contributed by atoms with E-state index in [9.17, 15) is 9.90 Å². The van der Waals surface area contributed by atoms with Crippen LogP contribution in [0.2, 0.25) is 0 Å². The molecule has 5 heteroatoms. The Morgan fingerprint density at radius 3 is 2.76 bits per heavy atom. The first-order chi connectivity index (χ1) is 9.86. The number of rotatable bonds is 4. The van der Waals surface area contributed by atoms with E-state index in [1.807, 2.05) is 6.07 Å². The summed E-state index contributed by atoms with van der Waals surface area (Å²) in [5.41, 5.74) is 0.779. The van der Waals surface area contributed by atoms with E-state index in [0.717, 1.165) is 24.4 Å². The molecule has 0 aliphatic heterocycles. The second-order valence-electron chi connectivity index (χ2n) is 6.58. The molecule has 1 aliphatic rings. The molecule has 1 fully saturated rings. The standard InChI is InChI=1S/C16H25N3O2/c1-5-11-8-14(18-9-17-11)19-13-7-6-12(15(20)21)16(3,4)10(13)2/h8-10,12-13H,5-7H2,1-4H3,(H,20,21)(H,17,18,19). The summed E-state index contributed by atoms with van der Waals surface area (Å²) >= 11 is 0. The fourth-order valence-corrected chi connectivity index (χ4v) is 3.30. The van der Waals surface area contributed by atoms with E-state index in [1.54, 1.807) is 6.33 Å². The third kappa shape index (κ3) is 3.17. The molecule has 0 spiro atoms. The SMILES string of the molecule is CCc1cc(NC2CCC(C(=O)O)C(C)(C)C2C)ncn1. The third-order valence-corrected chi connectivity index (χ3v) is 5.16. The van der Waals surface area contributed by atoms with Crippen LogP contribution < -0.4 is 5.32 Å². The Labute approximate surface area is 126 Å². The van der Waals surface area contributed by atoms with Gasteiger partial charge in [0, 0.05) is 17.8 Å².